The number of amides is 1. The maximum atomic E-state index is 12.8. The lowest BCUT2D eigenvalue weighted by molar-refractivity contribution is -0.136. The van der Waals surface area contributed by atoms with Crippen molar-refractivity contribution in [2.24, 2.45) is 23.5 Å². The number of carbonyl (C=O) groups is 1. The summed E-state index contributed by atoms with van der Waals surface area (Å²) in [5.74, 6) is 2.20. The van der Waals surface area contributed by atoms with Crippen molar-refractivity contribution in [1.82, 2.24) is 10.1 Å². The van der Waals surface area contributed by atoms with E-state index in [0.29, 0.717) is 11.8 Å². The van der Waals surface area contributed by atoms with E-state index in [9.17, 15) is 4.79 Å². The molecule has 2 aromatic rings. The minimum absolute atomic E-state index is 0. The van der Waals surface area contributed by atoms with Crippen molar-refractivity contribution in [3.8, 4) is 11.3 Å². The third kappa shape index (κ3) is 4.04. The second-order valence-corrected chi connectivity index (χ2v) is 7.84. The zero-order valence-electron chi connectivity index (χ0n) is 15.7. The molecule has 0 saturated heterocycles. The summed E-state index contributed by atoms with van der Waals surface area (Å²) < 4.78 is 5.45. The Kier molecular flexibility index (Phi) is 6.22. The van der Waals surface area contributed by atoms with Crippen LogP contribution in [0.4, 0.5) is 0 Å². The molecule has 0 radical (unpaired) electrons. The van der Waals surface area contributed by atoms with E-state index in [4.69, 9.17) is 10.3 Å². The molecule has 1 amide bonds. The minimum atomic E-state index is 0. The Hall–Kier alpha value is -1.85. The number of carbonyl (C=O) groups excluding carboxylic acids is 1. The third-order valence-corrected chi connectivity index (χ3v) is 6.19. The van der Waals surface area contributed by atoms with Gasteiger partial charge in [0.15, 0.2) is 0 Å². The summed E-state index contributed by atoms with van der Waals surface area (Å²) in [4.78, 5) is 14.6. The predicted molar refractivity (Wildman–Crippen MR) is 107 cm³/mol. The van der Waals surface area contributed by atoms with Crippen LogP contribution in [0.25, 0.3) is 11.3 Å². The standard InChI is InChI=1S/C21H27N3O2.ClH/c1-24(21(25)19-15-9-10-16(12-15)20(19)22)11-5-8-17-13-18(23-26-17)14-6-3-2-4-7-14;/h2-4,6-7,13,15-16,19-20H,5,8-12,22H2,1H3;1H. The highest BCUT2D eigenvalue weighted by molar-refractivity contribution is 5.85. The number of fused-ring (bicyclic) bond motifs is 2. The molecule has 4 rings (SSSR count). The van der Waals surface area contributed by atoms with Gasteiger partial charge in [0.05, 0.1) is 5.92 Å². The summed E-state index contributed by atoms with van der Waals surface area (Å²) in [6.07, 6.45) is 5.16. The normalized spacial score (nSPS) is 26.0. The summed E-state index contributed by atoms with van der Waals surface area (Å²) in [5.41, 5.74) is 8.22. The van der Waals surface area contributed by atoms with Crippen molar-refractivity contribution in [2.75, 3.05) is 13.6 Å². The van der Waals surface area contributed by atoms with Gasteiger partial charge in [0.25, 0.3) is 0 Å². The molecule has 1 aromatic heterocycles. The van der Waals surface area contributed by atoms with E-state index in [0.717, 1.165) is 42.8 Å². The lowest BCUT2D eigenvalue weighted by Crippen LogP contribution is -2.46. The topological polar surface area (TPSA) is 72.4 Å². The van der Waals surface area contributed by atoms with Gasteiger partial charge in [0.1, 0.15) is 11.5 Å². The molecule has 0 spiro atoms. The Labute approximate surface area is 166 Å². The summed E-state index contributed by atoms with van der Waals surface area (Å²) >= 11 is 0. The molecule has 2 bridgehead atoms. The first kappa shape index (κ1) is 19.9. The number of nitrogens with zero attached hydrogens (tertiary/aromatic N) is 2. The molecule has 1 heterocycles. The molecule has 146 valence electrons. The fourth-order valence-electron chi connectivity index (χ4n) is 4.73. The van der Waals surface area contributed by atoms with E-state index in [1.807, 2.05) is 48.3 Å². The molecular formula is C21H28ClN3O2. The maximum absolute atomic E-state index is 12.8. The Morgan fingerprint density at radius 3 is 2.70 bits per heavy atom. The van der Waals surface area contributed by atoms with Crippen molar-refractivity contribution in [3.63, 3.8) is 0 Å². The van der Waals surface area contributed by atoms with Gasteiger partial charge in [-0.05, 0) is 37.5 Å². The van der Waals surface area contributed by atoms with E-state index in [-0.39, 0.29) is 30.3 Å². The van der Waals surface area contributed by atoms with Crippen LogP contribution in [0.3, 0.4) is 0 Å². The van der Waals surface area contributed by atoms with Gasteiger partial charge in [-0.25, -0.2) is 0 Å². The molecule has 4 unspecified atom stereocenters. The van der Waals surface area contributed by atoms with Gasteiger partial charge in [-0.15, -0.1) is 12.4 Å². The quantitative estimate of drug-likeness (QED) is 0.820. The first-order valence-corrected chi connectivity index (χ1v) is 9.65. The van der Waals surface area contributed by atoms with Crippen molar-refractivity contribution >= 4 is 18.3 Å². The average molecular weight is 390 g/mol. The molecule has 6 heteroatoms. The lowest BCUT2D eigenvalue weighted by Gasteiger charge is -2.30. The van der Waals surface area contributed by atoms with Gasteiger partial charge >= 0.3 is 0 Å². The van der Waals surface area contributed by atoms with Crippen LogP contribution in [0.5, 0.6) is 0 Å². The van der Waals surface area contributed by atoms with E-state index in [1.54, 1.807) is 0 Å². The number of benzene rings is 1. The van der Waals surface area contributed by atoms with Crippen molar-refractivity contribution in [2.45, 2.75) is 38.1 Å². The van der Waals surface area contributed by atoms with Gasteiger partial charge in [-0.1, -0.05) is 35.5 Å². The van der Waals surface area contributed by atoms with Crippen molar-refractivity contribution < 1.29 is 9.32 Å². The van der Waals surface area contributed by atoms with E-state index in [1.165, 1.54) is 12.8 Å². The Morgan fingerprint density at radius 1 is 1.26 bits per heavy atom. The predicted octanol–water partition coefficient (Wildman–Crippen LogP) is 3.53. The third-order valence-electron chi connectivity index (χ3n) is 6.19. The zero-order valence-corrected chi connectivity index (χ0v) is 16.5. The van der Waals surface area contributed by atoms with E-state index in [2.05, 4.69) is 5.16 Å². The summed E-state index contributed by atoms with van der Waals surface area (Å²) in [6, 6.07) is 12.1. The van der Waals surface area contributed by atoms with Gasteiger partial charge in [-0.3, -0.25) is 4.79 Å². The number of aryl methyl sites for hydroxylation is 1. The lowest BCUT2D eigenvalue weighted by atomic mass is 9.84. The Balaban J connectivity index is 0.00000210. The number of halogens is 1. The number of hydrogen-bond acceptors (Lipinski definition) is 4. The number of aromatic nitrogens is 1. The maximum Gasteiger partial charge on any atom is 0.227 e. The van der Waals surface area contributed by atoms with E-state index < -0.39 is 0 Å². The van der Waals surface area contributed by atoms with Crippen LogP contribution in [-0.4, -0.2) is 35.6 Å². The highest BCUT2D eigenvalue weighted by Crippen LogP contribution is 2.48. The van der Waals surface area contributed by atoms with Crippen LogP contribution in [0.2, 0.25) is 0 Å². The van der Waals surface area contributed by atoms with Crippen LogP contribution >= 0.6 is 12.4 Å². The summed E-state index contributed by atoms with van der Waals surface area (Å²) in [6.45, 7) is 0.723. The second kappa shape index (κ2) is 8.44. The molecule has 0 aliphatic heterocycles. The highest BCUT2D eigenvalue weighted by atomic mass is 35.5. The molecule has 5 nitrogen and oxygen atoms in total. The molecule has 2 aliphatic carbocycles. The number of nitrogens with two attached hydrogens (primary N) is 1. The van der Waals surface area contributed by atoms with Gasteiger partial charge < -0.3 is 15.2 Å². The fraction of sp³-hybridized carbons (Fsp3) is 0.524. The molecular weight excluding hydrogens is 362 g/mol. The average Bonchev–Trinajstić information content (AvgIpc) is 3.38. The van der Waals surface area contributed by atoms with Crippen LogP contribution in [0.1, 0.15) is 31.4 Å². The molecule has 2 saturated carbocycles. The van der Waals surface area contributed by atoms with Crippen LogP contribution in [0.15, 0.2) is 40.9 Å². The van der Waals surface area contributed by atoms with Crippen LogP contribution in [-0.2, 0) is 11.2 Å². The molecule has 27 heavy (non-hydrogen) atoms. The molecule has 2 N–H and O–H groups in total. The summed E-state index contributed by atoms with van der Waals surface area (Å²) in [5, 5.41) is 4.15. The fourth-order valence-corrected chi connectivity index (χ4v) is 4.73. The molecule has 4 atom stereocenters. The molecule has 2 aliphatic rings. The smallest absolute Gasteiger partial charge is 0.227 e. The Morgan fingerprint density at radius 2 is 2.00 bits per heavy atom. The highest BCUT2D eigenvalue weighted by Gasteiger charge is 2.49. The van der Waals surface area contributed by atoms with Gasteiger partial charge in [0.2, 0.25) is 5.91 Å². The molecule has 1 aromatic carbocycles. The van der Waals surface area contributed by atoms with Crippen LogP contribution < -0.4 is 5.73 Å². The Bertz CT molecular complexity index is 762. The largest absolute Gasteiger partial charge is 0.361 e. The SMILES string of the molecule is CN(CCCc1cc(-c2ccccc2)no1)C(=O)C1C2CCC(C2)C1N.Cl. The molecule has 2 fully saturated rings. The first-order valence-electron chi connectivity index (χ1n) is 9.65. The number of rotatable bonds is 6. The first-order chi connectivity index (χ1) is 12.6. The monoisotopic (exact) mass is 389 g/mol. The van der Waals surface area contributed by atoms with Crippen molar-refractivity contribution in [1.29, 1.82) is 0 Å². The summed E-state index contributed by atoms with van der Waals surface area (Å²) in [7, 11) is 1.90. The van der Waals surface area contributed by atoms with Crippen molar-refractivity contribution in [3.05, 3.63) is 42.2 Å². The second-order valence-electron chi connectivity index (χ2n) is 7.84. The van der Waals surface area contributed by atoms with E-state index >= 15 is 0 Å². The van der Waals surface area contributed by atoms with Crippen LogP contribution in [0, 0.1) is 17.8 Å². The zero-order chi connectivity index (χ0) is 18.1. The van der Waals surface area contributed by atoms with Gasteiger partial charge in [-0.2, -0.15) is 0 Å². The number of hydrogen-bond donors (Lipinski definition) is 1. The minimum Gasteiger partial charge on any atom is -0.361 e. The van der Waals surface area contributed by atoms with Gasteiger partial charge in [0, 0.05) is 37.7 Å².